The molecule has 0 rings (SSSR count). The molecule has 0 fully saturated rings. The molecule has 0 radical (unpaired) electrons. The van der Waals surface area contributed by atoms with Crippen LogP contribution in [0.5, 0.6) is 0 Å². The van der Waals surface area contributed by atoms with Gasteiger partial charge < -0.3 is 18.0 Å². The average Bonchev–Trinajstić information content (AvgIpc) is 1.54. The van der Waals surface area contributed by atoms with Gasteiger partial charge in [0, 0.05) is 6.92 Å². The number of hydrogen-bond donors (Lipinski definition) is 5. The van der Waals surface area contributed by atoms with Gasteiger partial charge >= 0.3 is 29.6 Å². The molecule has 0 aliphatic heterocycles. The Balaban J connectivity index is -0.0000000270. The number of nitrogens with two attached hydrogens (primary N) is 2. The molecule has 0 aromatic carbocycles. The van der Waals surface area contributed by atoms with Crippen LogP contribution in [0.1, 0.15) is 8.35 Å². The molecule has 5 N–H and O–H groups in total. The maximum absolute atomic E-state index is 9.09. The minimum Gasteiger partial charge on any atom is -1.00 e. The summed E-state index contributed by atoms with van der Waals surface area (Å²) in [5.74, 6) is -0.833. The monoisotopic (exact) mass is 238 g/mol. The minimum atomic E-state index is -0.833. The van der Waals surface area contributed by atoms with Gasteiger partial charge in [0.15, 0.2) is 0 Å². The summed E-state index contributed by atoms with van der Waals surface area (Å²) in [5, 5.41) is 6.14. The van der Waals surface area contributed by atoms with Gasteiger partial charge in [-0.15, -0.1) is 0 Å². The van der Waals surface area contributed by atoms with Crippen molar-refractivity contribution in [1.82, 2.24) is 0 Å². The number of primary amides is 2. The third-order valence-corrected chi connectivity index (χ3v) is 0. The fourth-order valence-electron chi connectivity index (χ4n) is 0. The number of carboxylic acids is 1. The number of carbonyl (C=O) groups excluding carboxylic acids is 2. The van der Waals surface area contributed by atoms with Gasteiger partial charge in [0.25, 0.3) is 16.4 Å². The SMILES string of the molecule is CC(=O)O.NC(=O)S.NC(=O)S.[H-].[Na+]. The molecule has 0 aromatic heterocycles. The Bertz CT molecular complexity index is 131. The zero-order valence-electron chi connectivity index (χ0n) is 8.22. The first kappa shape index (κ1) is 23.2. The Morgan fingerprint density at radius 3 is 1.15 bits per heavy atom. The summed E-state index contributed by atoms with van der Waals surface area (Å²) in [4.78, 5) is 27.2. The summed E-state index contributed by atoms with van der Waals surface area (Å²) >= 11 is 6.21. The topological polar surface area (TPSA) is 123 Å². The number of carbonyl (C=O) groups is 3. The van der Waals surface area contributed by atoms with Crippen LogP contribution < -0.4 is 41.0 Å². The van der Waals surface area contributed by atoms with E-state index in [1.807, 2.05) is 0 Å². The van der Waals surface area contributed by atoms with Gasteiger partial charge in [0.2, 0.25) is 0 Å². The smallest absolute Gasteiger partial charge is 1.00 e. The molecule has 0 aliphatic carbocycles. The van der Waals surface area contributed by atoms with E-state index in [0.717, 1.165) is 6.92 Å². The minimum absolute atomic E-state index is 0. The van der Waals surface area contributed by atoms with Gasteiger partial charge in [-0.25, -0.2) is 0 Å². The predicted octanol–water partition coefficient (Wildman–Crippen LogP) is -2.80. The van der Waals surface area contributed by atoms with Crippen LogP contribution in [0, 0.1) is 0 Å². The molecule has 74 valence electrons. The maximum Gasteiger partial charge on any atom is 1.00 e. The van der Waals surface area contributed by atoms with E-state index in [1.165, 1.54) is 0 Å². The Hall–Kier alpha value is 0.110. The molecule has 0 spiro atoms. The number of carboxylic acid groups (broad SMARTS) is 1. The molecule has 0 unspecified atom stereocenters. The van der Waals surface area contributed by atoms with Crippen molar-refractivity contribution in [3.05, 3.63) is 0 Å². The molecule has 0 heterocycles. The van der Waals surface area contributed by atoms with Crippen molar-refractivity contribution in [1.29, 1.82) is 0 Å². The van der Waals surface area contributed by atoms with Gasteiger partial charge in [-0.2, -0.15) is 0 Å². The number of thiol groups is 2. The molecule has 0 aliphatic rings. The molecule has 2 amide bonds. The van der Waals surface area contributed by atoms with Crippen molar-refractivity contribution in [2.24, 2.45) is 11.5 Å². The normalized spacial score (nSPS) is 5.77. The molecular weight excluding hydrogens is 227 g/mol. The van der Waals surface area contributed by atoms with Crippen LogP contribution in [0.4, 0.5) is 9.59 Å². The van der Waals surface area contributed by atoms with Crippen LogP contribution in [0.25, 0.3) is 0 Å². The molecule has 9 heteroatoms. The first-order valence-corrected chi connectivity index (χ1v) is 3.25. The summed E-state index contributed by atoms with van der Waals surface area (Å²) in [6.07, 6.45) is 0. The van der Waals surface area contributed by atoms with Gasteiger partial charge in [-0.05, 0) is 0 Å². The molecule has 0 saturated carbocycles. The Morgan fingerprint density at radius 2 is 1.15 bits per heavy atom. The Morgan fingerprint density at radius 1 is 1.15 bits per heavy atom. The predicted molar refractivity (Wildman–Crippen MR) is 51.6 cm³/mol. The largest absolute Gasteiger partial charge is 1.00 e. The van der Waals surface area contributed by atoms with Gasteiger partial charge in [-0.1, -0.05) is 25.3 Å². The number of amides is 2. The fraction of sp³-hybridized carbons (Fsp3) is 0.250. The summed E-state index contributed by atoms with van der Waals surface area (Å²) in [7, 11) is 0. The van der Waals surface area contributed by atoms with Crippen molar-refractivity contribution in [2.45, 2.75) is 6.92 Å². The van der Waals surface area contributed by atoms with Crippen molar-refractivity contribution in [2.75, 3.05) is 0 Å². The summed E-state index contributed by atoms with van der Waals surface area (Å²) < 4.78 is 0. The summed E-state index contributed by atoms with van der Waals surface area (Å²) in [5.41, 5.74) is 8.67. The van der Waals surface area contributed by atoms with Crippen molar-refractivity contribution in [3.63, 3.8) is 0 Å². The van der Waals surface area contributed by atoms with Gasteiger partial charge in [0.1, 0.15) is 0 Å². The quantitative estimate of drug-likeness (QED) is 0.231. The van der Waals surface area contributed by atoms with E-state index in [4.69, 9.17) is 19.5 Å². The van der Waals surface area contributed by atoms with Crippen LogP contribution in [0.3, 0.4) is 0 Å². The maximum atomic E-state index is 9.09. The van der Waals surface area contributed by atoms with Crippen LogP contribution in [-0.2, 0) is 4.79 Å². The fourth-order valence-corrected chi connectivity index (χ4v) is 0. The van der Waals surface area contributed by atoms with E-state index in [0.29, 0.717) is 0 Å². The number of aliphatic carboxylic acids is 1. The molecule has 0 aromatic rings. The van der Waals surface area contributed by atoms with E-state index >= 15 is 0 Å². The van der Waals surface area contributed by atoms with Crippen LogP contribution in [0.15, 0.2) is 0 Å². The van der Waals surface area contributed by atoms with E-state index in [2.05, 4.69) is 36.7 Å². The van der Waals surface area contributed by atoms with Crippen molar-refractivity contribution < 1.29 is 50.5 Å². The molecule has 6 nitrogen and oxygen atoms in total. The zero-order chi connectivity index (χ0) is 10.7. The van der Waals surface area contributed by atoms with Gasteiger partial charge in [-0.3, -0.25) is 14.4 Å². The average molecular weight is 238 g/mol. The standard InChI is InChI=1S/C2H4O2.2CH3NOS.Na.H/c1-2(3)4;2*2-1(3)4;;/h1H3,(H,3,4);2*(H3,2,3,4);;/q;;;+1;-1. The number of rotatable bonds is 0. The zero-order valence-corrected chi connectivity index (χ0v) is 11.0. The summed E-state index contributed by atoms with van der Waals surface area (Å²) in [6.45, 7) is 1.08. The van der Waals surface area contributed by atoms with E-state index in [9.17, 15) is 0 Å². The van der Waals surface area contributed by atoms with E-state index in [1.54, 1.807) is 0 Å². The van der Waals surface area contributed by atoms with E-state index in [-0.39, 0.29) is 31.0 Å². The van der Waals surface area contributed by atoms with E-state index < -0.39 is 16.4 Å². The second kappa shape index (κ2) is 18.0. The Kier molecular flexibility index (Phi) is 32.1. The van der Waals surface area contributed by atoms with Gasteiger partial charge in [0.05, 0.1) is 0 Å². The van der Waals surface area contributed by atoms with Crippen molar-refractivity contribution >= 4 is 41.7 Å². The third kappa shape index (κ3) is 102000. The Labute approximate surface area is 110 Å². The molecule has 13 heavy (non-hydrogen) atoms. The molecule has 0 bridgehead atoms. The summed E-state index contributed by atoms with van der Waals surface area (Å²) in [6, 6.07) is 0. The number of hydrogen-bond acceptors (Lipinski definition) is 3. The first-order chi connectivity index (χ1) is 5.20. The molecule has 0 atom stereocenters. The van der Waals surface area contributed by atoms with Crippen molar-refractivity contribution in [3.8, 4) is 0 Å². The first-order valence-electron chi connectivity index (χ1n) is 2.36. The third-order valence-electron chi connectivity index (χ3n) is 0. The van der Waals surface area contributed by atoms with Crippen LogP contribution in [0.2, 0.25) is 0 Å². The van der Waals surface area contributed by atoms with Crippen LogP contribution in [-0.4, -0.2) is 21.6 Å². The molecule has 0 saturated heterocycles. The second-order valence-corrected chi connectivity index (χ2v) is 2.08. The second-order valence-electron chi connectivity index (χ2n) is 1.20. The molecular formula is C4H11N2NaO4S2. The van der Waals surface area contributed by atoms with Crippen LogP contribution >= 0.6 is 25.3 Å².